The topological polar surface area (TPSA) is 138 Å². The average Bonchev–Trinajstić information content (AvgIpc) is 2.58. The highest BCUT2D eigenvalue weighted by Crippen LogP contribution is 2.21. The van der Waals surface area contributed by atoms with Crippen molar-refractivity contribution in [2.75, 3.05) is 0 Å². The van der Waals surface area contributed by atoms with Crippen LogP contribution < -0.4 is 5.43 Å². The number of nitrogens with zero attached hydrogens (tertiary/aromatic N) is 3. The first-order valence-corrected chi connectivity index (χ1v) is 6.80. The number of nitro benzene ring substituents is 1. The zero-order valence-electron chi connectivity index (χ0n) is 13.0. The first kappa shape index (κ1) is 20.0. The highest BCUT2D eigenvalue weighted by Gasteiger charge is 2.12. The number of aromatic nitrogens is 1. The molecule has 0 bridgehead atoms. The van der Waals surface area contributed by atoms with E-state index in [9.17, 15) is 25.1 Å². The first-order chi connectivity index (χ1) is 11.4. The van der Waals surface area contributed by atoms with Crippen LogP contribution in [0.3, 0.4) is 0 Å². The molecule has 1 aromatic carbocycles. The second-order valence-electron chi connectivity index (χ2n) is 4.80. The fourth-order valence-electron chi connectivity index (χ4n) is 1.90. The molecule has 25 heavy (non-hydrogen) atoms. The number of aryl methyl sites for hydroxylation is 1. The van der Waals surface area contributed by atoms with Crippen LogP contribution in [0.5, 0.6) is 5.75 Å². The van der Waals surface area contributed by atoms with Gasteiger partial charge in [-0.1, -0.05) is 6.07 Å². The Hall–Kier alpha value is -3.04. The van der Waals surface area contributed by atoms with Crippen LogP contribution in [-0.4, -0.2) is 32.2 Å². The van der Waals surface area contributed by atoms with Gasteiger partial charge in [-0.25, -0.2) is 5.43 Å². The number of rotatable bonds is 5. The maximum Gasteiger partial charge on any atom is 0.271 e. The van der Waals surface area contributed by atoms with Crippen LogP contribution >= 0.6 is 12.4 Å². The van der Waals surface area contributed by atoms with Gasteiger partial charge in [0, 0.05) is 35.0 Å². The molecule has 0 aliphatic heterocycles. The van der Waals surface area contributed by atoms with Gasteiger partial charge in [-0.2, -0.15) is 5.10 Å². The largest absolute Gasteiger partial charge is 0.505 e. The van der Waals surface area contributed by atoms with Crippen LogP contribution in [-0.2, 0) is 6.61 Å². The molecule has 132 valence electrons. The van der Waals surface area contributed by atoms with E-state index in [2.05, 4.69) is 15.5 Å². The van der Waals surface area contributed by atoms with E-state index in [1.807, 2.05) is 0 Å². The Balaban J connectivity index is 0.00000312. The number of carbonyl (C=O) groups is 1. The molecule has 2 aromatic rings. The van der Waals surface area contributed by atoms with Gasteiger partial charge >= 0.3 is 0 Å². The van der Waals surface area contributed by atoms with E-state index in [0.717, 1.165) is 6.07 Å². The van der Waals surface area contributed by atoms with Crippen LogP contribution in [0.2, 0.25) is 0 Å². The van der Waals surface area contributed by atoms with Crippen LogP contribution in [0.25, 0.3) is 0 Å². The number of benzene rings is 1. The van der Waals surface area contributed by atoms with E-state index in [4.69, 9.17) is 0 Å². The number of nitro groups is 1. The first-order valence-electron chi connectivity index (χ1n) is 6.80. The minimum Gasteiger partial charge on any atom is -0.505 e. The molecular formula is C15H15ClN4O5. The van der Waals surface area contributed by atoms with Crippen molar-refractivity contribution in [3.8, 4) is 5.75 Å². The van der Waals surface area contributed by atoms with Crippen molar-refractivity contribution >= 4 is 30.2 Å². The van der Waals surface area contributed by atoms with Crippen LogP contribution in [0.1, 0.15) is 27.2 Å². The smallest absolute Gasteiger partial charge is 0.271 e. The zero-order chi connectivity index (χ0) is 17.7. The number of hydrazone groups is 1. The zero-order valence-corrected chi connectivity index (χ0v) is 13.9. The molecule has 2 rings (SSSR count). The van der Waals surface area contributed by atoms with Gasteiger partial charge in [-0.3, -0.25) is 19.9 Å². The standard InChI is InChI=1S/C15H14N4O5.ClH/c1-9-14(21)13(11(8-20)6-16-9)7-17-18-15(22)10-3-2-4-12(5-10)19(23)24;/h2-7,20-21H,8H2,1H3,(H,18,22);1H/b17-7+;. The molecule has 0 spiro atoms. The van der Waals surface area contributed by atoms with Gasteiger partial charge in [0.25, 0.3) is 11.6 Å². The number of non-ortho nitro benzene ring substituents is 1. The Labute approximate surface area is 148 Å². The van der Waals surface area contributed by atoms with Gasteiger partial charge in [0.1, 0.15) is 5.75 Å². The predicted octanol–water partition coefficient (Wildman–Crippen LogP) is 1.68. The third-order valence-corrected chi connectivity index (χ3v) is 3.21. The summed E-state index contributed by atoms with van der Waals surface area (Å²) in [4.78, 5) is 25.9. The summed E-state index contributed by atoms with van der Waals surface area (Å²) in [5, 5.41) is 33.6. The summed E-state index contributed by atoms with van der Waals surface area (Å²) in [6, 6.07) is 5.19. The third kappa shape index (κ3) is 4.72. The number of nitrogens with one attached hydrogen (secondary N) is 1. The molecule has 3 N–H and O–H groups in total. The summed E-state index contributed by atoms with van der Waals surface area (Å²) in [7, 11) is 0. The molecule has 0 aliphatic carbocycles. The number of pyridine rings is 1. The summed E-state index contributed by atoms with van der Waals surface area (Å²) in [5.74, 6) is -0.805. The summed E-state index contributed by atoms with van der Waals surface area (Å²) in [6.45, 7) is 1.22. The molecule has 0 radical (unpaired) electrons. The van der Waals surface area contributed by atoms with E-state index >= 15 is 0 Å². The van der Waals surface area contributed by atoms with Crippen molar-refractivity contribution in [1.82, 2.24) is 10.4 Å². The Morgan fingerprint density at radius 2 is 2.20 bits per heavy atom. The summed E-state index contributed by atoms with van der Waals surface area (Å²) in [5.41, 5.74) is 2.97. The van der Waals surface area contributed by atoms with Crippen molar-refractivity contribution in [1.29, 1.82) is 0 Å². The number of amides is 1. The number of hydrogen-bond donors (Lipinski definition) is 3. The molecule has 1 heterocycles. The number of aliphatic hydroxyl groups is 1. The highest BCUT2D eigenvalue weighted by molar-refractivity contribution is 5.95. The minimum atomic E-state index is -0.647. The van der Waals surface area contributed by atoms with Crippen molar-refractivity contribution in [2.24, 2.45) is 5.10 Å². The second kappa shape index (κ2) is 8.71. The number of halogens is 1. The molecule has 1 amide bonds. The van der Waals surface area contributed by atoms with Gasteiger partial charge in [-0.05, 0) is 13.0 Å². The fourth-order valence-corrected chi connectivity index (χ4v) is 1.90. The minimum absolute atomic E-state index is 0. The molecule has 0 unspecified atom stereocenters. The van der Waals surface area contributed by atoms with E-state index < -0.39 is 10.8 Å². The molecule has 0 aliphatic rings. The molecule has 10 heteroatoms. The van der Waals surface area contributed by atoms with E-state index in [-0.39, 0.29) is 41.6 Å². The third-order valence-electron chi connectivity index (χ3n) is 3.21. The number of aromatic hydroxyl groups is 1. The maximum atomic E-state index is 11.9. The summed E-state index contributed by atoms with van der Waals surface area (Å²) < 4.78 is 0. The maximum absolute atomic E-state index is 11.9. The Bertz CT molecular complexity index is 826. The molecule has 0 saturated carbocycles. The summed E-state index contributed by atoms with van der Waals surface area (Å²) in [6.07, 6.45) is 2.56. The molecule has 9 nitrogen and oxygen atoms in total. The lowest BCUT2D eigenvalue weighted by molar-refractivity contribution is -0.384. The SMILES string of the molecule is Cc1ncc(CO)c(/C=N/NC(=O)c2cccc([N+](=O)[O-])c2)c1O.Cl. The quantitative estimate of drug-likeness (QED) is 0.418. The van der Waals surface area contributed by atoms with Crippen molar-refractivity contribution < 1.29 is 19.9 Å². The average molecular weight is 367 g/mol. The molecule has 0 atom stereocenters. The van der Waals surface area contributed by atoms with Crippen LogP contribution in [0, 0.1) is 17.0 Å². The van der Waals surface area contributed by atoms with Crippen molar-refractivity contribution in [2.45, 2.75) is 13.5 Å². The lowest BCUT2D eigenvalue weighted by atomic mass is 10.1. The molecular weight excluding hydrogens is 352 g/mol. The van der Waals surface area contributed by atoms with E-state index in [1.165, 1.54) is 30.6 Å². The van der Waals surface area contributed by atoms with Gasteiger partial charge in [0.05, 0.1) is 23.4 Å². The van der Waals surface area contributed by atoms with Gasteiger partial charge in [0.15, 0.2) is 0 Å². The lowest BCUT2D eigenvalue weighted by Crippen LogP contribution is -2.17. The Kier molecular flexibility index (Phi) is 6.97. The van der Waals surface area contributed by atoms with E-state index in [1.54, 1.807) is 6.92 Å². The monoisotopic (exact) mass is 366 g/mol. The highest BCUT2D eigenvalue weighted by atomic mass is 35.5. The van der Waals surface area contributed by atoms with Gasteiger partial charge in [0.2, 0.25) is 0 Å². The van der Waals surface area contributed by atoms with Crippen LogP contribution in [0.15, 0.2) is 35.6 Å². The van der Waals surface area contributed by atoms with Gasteiger partial charge < -0.3 is 10.2 Å². The second-order valence-corrected chi connectivity index (χ2v) is 4.80. The molecule has 1 aromatic heterocycles. The fraction of sp³-hybridized carbons (Fsp3) is 0.133. The number of aliphatic hydroxyl groups excluding tert-OH is 1. The summed E-state index contributed by atoms with van der Waals surface area (Å²) >= 11 is 0. The lowest BCUT2D eigenvalue weighted by Gasteiger charge is -2.07. The molecule has 0 saturated heterocycles. The Morgan fingerprint density at radius 3 is 2.84 bits per heavy atom. The Morgan fingerprint density at radius 1 is 1.48 bits per heavy atom. The number of carbonyl (C=O) groups excluding carboxylic acids is 1. The predicted molar refractivity (Wildman–Crippen MR) is 92.0 cm³/mol. The number of hydrogen-bond acceptors (Lipinski definition) is 7. The van der Waals surface area contributed by atoms with Crippen molar-refractivity contribution in [3.63, 3.8) is 0 Å². The van der Waals surface area contributed by atoms with Crippen molar-refractivity contribution in [3.05, 3.63) is 63.0 Å². The normalized spacial score (nSPS) is 10.3. The van der Waals surface area contributed by atoms with Gasteiger partial charge in [-0.15, -0.1) is 12.4 Å². The van der Waals surface area contributed by atoms with Crippen LogP contribution in [0.4, 0.5) is 5.69 Å². The van der Waals surface area contributed by atoms with E-state index in [0.29, 0.717) is 11.3 Å². The molecule has 0 fully saturated rings.